The molecule has 2 aromatic heterocycles. The second-order valence-corrected chi connectivity index (χ2v) is 2.68. The van der Waals surface area contributed by atoms with E-state index in [1.807, 2.05) is 0 Å². The van der Waals surface area contributed by atoms with Crippen molar-refractivity contribution in [3.05, 3.63) is 60.2 Å². The molecule has 0 spiro atoms. The van der Waals surface area contributed by atoms with E-state index in [-0.39, 0.29) is 12.1 Å². The third-order valence-electron chi connectivity index (χ3n) is 1.65. The Morgan fingerprint density at radius 2 is 1.36 bits per heavy atom. The van der Waals surface area contributed by atoms with Crippen LogP contribution in [-0.4, -0.2) is 9.97 Å². The van der Waals surface area contributed by atoms with E-state index in [1.165, 1.54) is 0 Å². The van der Waals surface area contributed by atoms with Crippen LogP contribution in [0.4, 0.5) is 0 Å². The minimum absolute atomic E-state index is 0.0827. The fourth-order valence-electron chi connectivity index (χ4n) is 1.00. The molecule has 2 aromatic rings. The normalized spacial score (nSPS) is 14.0. The maximum absolute atomic E-state index is 7.85. The minimum atomic E-state index is 0.0827. The van der Waals surface area contributed by atoms with Crippen LogP contribution < -0.4 is 0 Å². The maximum atomic E-state index is 7.85. The van der Waals surface area contributed by atoms with E-state index >= 15 is 0 Å². The molecule has 0 aliphatic heterocycles. The molecule has 0 bridgehead atoms. The molecule has 0 saturated carbocycles. The van der Waals surface area contributed by atoms with Crippen LogP contribution in [0.5, 0.6) is 0 Å². The van der Waals surface area contributed by atoms with Gasteiger partial charge in [-0.1, -0.05) is 12.1 Å². The summed E-state index contributed by atoms with van der Waals surface area (Å²) in [5.74, 6) is 0. The molecule has 0 aliphatic carbocycles. The fourth-order valence-corrected chi connectivity index (χ4v) is 1.00. The van der Waals surface area contributed by atoms with Gasteiger partial charge in [0.25, 0.3) is 0 Å². The molecule has 2 heterocycles. The lowest BCUT2D eigenvalue weighted by atomic mass is 10.3. The van der Waals surface area contributed by atoms with E-state index in [9.17, 15) is 0 Å². The summed E-state index contributed by atoms with van der Waals surface area (Å²) >= 11 is 0. The summed E-state index contributed by atoms with van der Waals surface area (Å²) in [7, 11) is 0. The lowest BCUT2D eigenvalue weighted by Crippen LogP contribution is -1.79. The molecule has 0 aromatic carbocycles. The van der Waals surface area contributed by atoms with Gasteiger partial charge in [0, 0.05) is 12.4 Å². The first kappa shape index (κ1) is 6.49. The van der Waals surface area contributed by atoms with Crippen LogP contribution in [0.2, 0.25) is 0 Å². The Bertz CT molecular complexity index is 447. The van der Waals surface area contributed by atoms with E-state index in [2.05, 4.69) is 9.97 Å². The van der Waals surface area contributed by atoms with Gasteiger partial charge in [0.15, 0.2) is 0 Å². The number of aromatic nitrogens is 2. The summed E-state index contributed by atoms with van der Waals surface area (Å²) in [5, 5.41) is 0. The Morgan fingerprint density at radius 3 is 1.71 bits per heavy atom. The van der Waals surface area contributed by atoms with Gasteiger partial charge in [0.2, 0.25) is 0 Å². The lowest BCUT2D eigenvalue weighted by molar-refractivity contribution is 1.28. The van der Waals surface area contributed by atoms with Gasteiger partial charge >= 0.3 is 0 Å². The Balaban J connectivity index is 2.43. The zero-order valence-electron chi connectivity index (χ0n) is 9.51. The number of hydrogen-bond acceptors (Lipinski definition) is 2. The third-order valence-corrected chi connectivity index (χ3v) is 1.65. The molecular formula is C12H10N2. The quantitative estimate of drug-likeness (QED) is 0.717. The van der Waals surface area contributed by atoms with Gasteiger partial charge in [-0.2, -0.15) is 0 Å². The Hall–Kier alpha value is -1.96. The summed E-state index contributed by atoms with van der Waals surface area (Å²) < 4.78 is 15.7. The van der Waals surface area contributed by atoms with Gasteiger partial charge in [0.1, 0.15) is 0 Å². The lowest BCUT2D eigenvalue weighted by Gasteiger charge is -1.91. The van der Waals surface area contributed by atoms with Crippen molar-refractivity contribution in [2.24, 2.45) is 0 Å². The summed E-state index contributed by atoms with van der Waals surface area (Å²) in [6.45, 7) is 0. The number of hydrogen-bond donors (Lipinski definition) is 0. The summed E-state index contributed by atoms with van der Waals surface area (Å²) in [6, 6.07) is 10.7. The summed E-state index contributed by atoms with van der Waals surface area (Å²) in [4.78, 5) is 8.06. The monoisotopic (exact) mass is 184 g/mol. The summed E-state index contributed by atoms with van der Waals surface area (Å²) in [6.07, 6.45) is 3.21. The molecule has 2 rings (SSSR count). The van der Waals surface area contributed by atoms with Gasteiger partial charge in [0.05, 0.1) is 14.1 Å². The van der Waals surface area contributed by atoms with E-state index < -0.39 is 0 Å². The van der Waals surface area contributed by atoms with Gasteiger partial charge in [-0.3, -0.25) is 9.97 Å². The van der Waals surface area contributed by atoms with Gasteiger partial charge < -0.3 is 0 Å². The highest BCUT2D eigenvalue weighted by molar-refractivity contribution is 5.65. The van der Waals surface area contributed by atoms with Crippen molar-refractivity contribution >= 4 is 12.1 Å². The highest BCUT2D eigenvalue weighted by atomic mass is 14.7. The zero-order valence-corrected chi connectivity index (χ0v) is 7.51. The Kier molecular flexibility index (Phi) is 2.00. The second kappa shape index (κ2) is 4.33. The molecule has 0 aliphatic rings. The molecule has 0 saturated heterocycles. The summed E-state index contributed by atoms with van der Waals surface area (Å²) in [5.41, 5.74) is 0.969. The van der Waals surface area contributed by atoms with Crippen molar-refractivity contribution in [3.8, 4) is 0 Å². The molecule has 2 nitrogen and oxygen atoms in total. The van der Waals surface area contributed by atoms with Crippen molar-refractivity contribution in [3.63, 3.8) is 0 Å². The largest absolute Gasteiger partial charge is 0.257 e. The van der Waals surface area contributed by atoms with Crippen molar-refractivity contribution in [2.75, 3.05) is 0 Å². The molecule has 0 radical (unpaired) electrons. The van der Waals surface area contributed by atoms with Crippen LogP contribution in [-0.2, 0) is 0 Å². The van der Waals surface area contributed by atoms with Crippen molar-refractivity contribution in [1.29, 1.82) is 0 Å². The van der Waals surface area contributed by atoms with Crippen molar-refractivity contribution in [2.45, 2.75) is 0 Å². The third kappa shape index (κ3) is 2.26. The SMILES string of the molecule is [2H]/C(=C(/[2H])c1ccccn1)c1ccccn1. The van der Waals surface area contributed by atoms with E-state index in [1.54, 1.807) is 48.8 Å². The molecule has 0 amide bonds. The van der Waals surface area contributed by atoms with Crippen LogP contribution >= 0.6 is 0 Å². The van der Waals surface area contributed by atoms with Crippen LogP contribution in [0.25, 0.3) is 12.1 Å². The highest BCUT2D eigenvalue weighted by Crippen LogP contribution is 2.02. The van der Waals surface area contributed by atoms with Gasteiger partial charge in [-0.25, -0.2) is 0 Å². The molecule has 0 N–H and O–H groups in total. The average Bonchev–Trinajstić information content (AvgIpc) is 2.39. The first-order valence-electron chi connectivity index (χ1n) is 5.29. The maximum Gasteiger partial charge on any atom is 0.0646 e. The van der Waals surface area contributed by atoms with Crippen LogP contribution in [0, 0.1) is 0 Å². The second-order valence-electron chi connectivity index (χ2n) is 2.68. The van der Waals surface area contributed by atoms with E-state index in [0.29, 0.717) is 11.4 Å². The Morgan fingerprint density at radius 1 is 0.857 bits per heavy atom. The predicted octanol–water partition coefficient (Wildman–Crippen LogP) is 2.65. The van der Waals surface area contributed by atoms with Gasteiger partial charge in [-0.05, 0) is 36.4 Å². The molecule has 14 heavy (non-hydrogen) atoms. The zero-order chi connectivity index (χ0) is 11.4. The van der Waals surface area contributed by atoms with Crippen LogP contribution in [0.3, 0.4) is 0 Å². The first-order valence-corrected chi connectivity index (χ1v) is 4.29. The molecule has 0 fully saturated rings. The minimum Gasteiger partial charge on any atom is -0.257 e. The van der Waals surface area contributed by atoms with E-state index in [4.69, 9.17) is 2.74 Å². The number of rotatable bonds is 2. The van der Waals surface area contributed by atoms with Gasteiger partial charge in [-0.15, -0.1) is 0 Å². The molecule has 0 unspecified atom stereocenters. The smallest absolute Gasteiger partial charge is 0.0646 e. The molecule has 0 atom stereocenters. The van der Waals surface area contributed by atoms with E-state index in [0.717, 1.165) is 0 Å². The molecule has 68 valence electrons. The molecule has 2 heteroatoms. The van der Waals surface area contributed by atoms with Crippen molar-refractivity contribution < 1.29 is 2.74 Å². The predicted molar refractivity (Wildman–Crippen MR) is 57.4 cm³/mol. The van der Waals surface area contributed by atoms with Crippen LogP contribution in [0.15, 0.2) is 48.8 Å². The van der Waals surface area contributed by atoms with Crippen molar-refractivity contribution in [1.82, 2.24) is 9.97 Å². The molecular weight excluding hydrogens is 172 g/mol. The average molecular weight is 184 g/mol. The highest BCUT2D eigenvalue weighted by Gasteiger charge is 1.86. The Labute approximate surface area is 85.8 Å². The topological polar surface area (TPSA) is 25.8 Å². The number of nitrogens with zero attached hydrogens (tertiary/aromatic N) is 2. The van der Waals surface area contributed by atoms with Crippen LogP contribution in [0.1, 0.15) is 14.1 Å². The fraction of sp³-hybridized carbons (Fsp3) is 0. The first-order chi connectivity index (χ1) is 7.79. The standard InChI is InChI=1S/C12H10N2/c1-3-9-13-11(5-1)7-8-12-6-2-4-10-14-12/h1-10H/b8-7+/i7D,8D. The number of pyridine rings is 2.